The van der Waals surface area contributed by atoms with E-state index in [1.54, 1.807) is 6.07 Å². The van der Waals surface area contributed by atoms with Crippen LogP contribution in [0.5, 0.6) is 0 Å². The molecule has 0 aliphatic carbocycles. The van der Waals surface area contributed by atoms with E-state index in [1.807, 2.05) is 24.8 Å². The maximum atomic E-state index is 12.8. The van der Waals surface area contributed by atoms with Crippen LogP contribution in [0, 0.1) is 0 Å². The zero-order valence-corrected chi connectivity index (χ0v) is 14.2. The average Bonchev–Trinajstić information content (AvgIpc) is 2.46. The number of rotatable bonds is 1. The quantitative estimate of drug-likeness (QED) is 0.853. The third-order valence-electron chi connectivity index (χ3n) is 4.40. The Morgan fingerprint density at radius 3 is 2.82 bits per heavy atom. The molecule has 3 rings (SSSR count). The van der Waals surface area contributed by atoms with E-state index < -0.39 is 6.10 Å². The van der Waals surface area contributed by atoms with Gasteiger partial charge >= 0.3 is 0 Å². The molecule has 6 heteroatoms. The second-order valence-corrected chi connectivity index (χ2v) is 6.86. The van der Waals surface area contributed by atoms with Crippen molar-refractivity contribution in [2.75, 3.05) is 19.6 Å². The Hall–Kier alpha value is -0.810. The van der Waals surface area contributed by atoms with Crippen LogP contribution in [0.15, 0.2) is 12.1 Å². The van der Waals surface area contributed by atoms with Gasteiger partial charge in [-0.3, -0.25) is 4.79 Å². The molecule has 0 aromatic heterocycles. The summed E-state index contributed by atoms with van der Waals surface area (Å²) in [4.78, 5) is 14.7. The fourth-order valence-corrected chi connectivity index (χ4v) is 4.02. The summed E-state index contributed by atoms with van der Waals surface area (Å²) in [7, 11) is 0. The smallest absolute Gasteiger partial charge is 0.253 e. The van der Waals surface area contributed by atoms with Crippen molar-refractivity contribution in [2.24, 2.45) is 0 Å². The fraction of sp³-hybridized carbons (Fsp3) is 0.562. The van der Waals surface area contributed by atoms with Gasteiger partial charge in [0, 0.05) is 29.7 Å². The van der Waals surface area contributed by atoms with Gasteiger partial charge in [0.15, 0.2) is 0 Å². The number of morpholine rings is 1. The second kappa shape index (κ2) is 6.36. The molecule has 0 bridgehead atoms. The minimum absolute atomic E-state index is 0.0308. The second-order valence-electron chi connectivity index (χ2n) is 6.01. The van der Waals surface area contributed by atoms with Gasteiger partial charge in [-0.05, 0) is 43.5 Å². The summed E-state index contributed by atoms with van der Waals surface area (Å²) < 4.78 is 5.78. The lowest BCUT2D eigenvalue weighted by molar-refractivity contribution is -0.152. The van der Waals surface area contributed by atoms with E-state index >= 15 is 0 Å². The summed E-state index contributed by atoms with van der Waals surface area (Å²) in [6.07, 6.45) is 0.401. The van der Waals surface area contributed by atoms with Crippen LogP contribution in [-0.4, -0.2) is 42.6 Å². The van der Waals surface area contributed by atoms with E-state index in [-0.39, 0.29) is 18.1 Å². The van der Waals surface area contributed by atoms with Crippen LogP contribution in [0.1, 0.15) is 31.0 Å². The Morgan fingerprint density at radius 1 is 1.32 bits per heavy atom. The molecule has 1 aromatic rings. The Kier molecular flexibility index (Phi) is 4.64. The van der Waals surface area contributed by atoms with Gasteiger partial charge in [-0.15, -0.1) is 0 Å². The number of hydrogen-bond acceptors (Lipinski definition) is 3. The molecular weight excluding hydrogens is 323 g/mol. The van der Waals surface area contributed by atoms with Crippen LogP contribution >= 0.6 is 23.2 Å². The zero-order valence-electron chi connectivity index (χ0n) is 12.7. The molecule has 120 valence electrons. The number of ether oxygens (including phenoxy) is 1. The minimum Gasteiger partial charge on any atom is -0.363 e. The third-order valence-corrected chi connectivity index (χ3v) is 4.93. The highest BCUT2D eigenvalue weighted by Crippen LogP contribution is 2.37. The van der Waals surface area contributed by atoms with Gasteiger partial charge in [0.05, 0.1) is 12.1 Å². The largest absolute Gasteiger partial charge is 0.363 e. The van der Waals surface area contributed by atoms with Gasteiger partial charge < -0.3 is 15.0 Å². The number of hydrogen-bond donors (Lipinski definition) is 1. The van der Waals surface area contributed by atoms with Crippen LogP contribution in [0.2, 0.25) is 10.0 Å². The monoisotopic (exact) mass is 342 g/mol. The van der Waals surface area contributed by atoms with Crippen molar-refractivity contribution in [1.82, 2.24) is 10.2 Å². The van der Waals surface area contributed by atoms with Gasteiger partial charge in [0.1, 0.15) is 6.10 Å². The molecule has 0 spiro atoms. The van der Waals surface area contributed by atoms with Crippen LogP contribution in [0.25, 0.3) is 0 Å². The van der Waals surface area contributed by atoms with Gasteiger partial charge in [0.2, 0.25) is 0 Å². The predicted octanol–water partition coefficient (Wildman–Crippen LogP) is 2.82. The summed E-state index contributed by atoms with van der Waals surface area (Å²) >= 11 is 12.4. The molecule has 3 atom stereocenters. The highest BCUT2D eigenvalue weighted by molar-refractivity contribution is 6.35. The first kappa shape index (κ1) is 16.1. The predicted molar refractivity (Wildman–Crippen MR) is 87.5 cm³/mol. The summed E-state index contributed by atoms with van der Waals surface area (Å²) in [5.74, 6) is 0.0308. The van der Waals surface area contributed by atoms with Crippen LogP contribution in [0.4, 0.5) is 0 Å². The Bertz CT molecular complexity index is 594. The number of nitrogens with one attached hydrogen (secondary N) is 1. The van der Waals surface area contributed by atoms with Crippen molar-refractivity contribution in [3.8, 4) is 0 Å². The number of halogens is 2. The Morgan fingerprint density at radius 2 is 2.09 bits per heavy atom. The number of carbonyl (C=O) groups excluding carboxylic acids is 1. The van der Waals surface area contributed by atoms with Crippen molar-refractivity contribution >= 4 is 29.1 Å². The van der Waals surface area contributed by atoms with Gasteiger partial charge in [0.25, 0.3) is 5.91 Å². The molecule has 0 unspecified atom stereocenters. The van der Waals surface area contributed by atoms with E-state index in [2.05, 4.69) is 5.32 Å². The van der Waals surface area contributed by atoms with Crippen LogP contribution in [0.3, 0.4) is 0 Å². The van der Waals surface area contributed by atoms with Crippen molar-refractivity contribution in [1.29, 1.82) is 0 Å². The Balaban J connectivity index is 1.83. The molecule has 4 nitrogen and oxygen atoms in total. The zero-order chi connectivity index (χ0) is 15.9. The van der Waals surface area contributed by atoms with E-state index in [0.29, 0.717) is 23.1 Å². The molecule has 1 saturated heterocycles. The molecule has 2 heterocycles. The minimum atomic E-state index is -0.418. The highest BCUT2D eigenvalue weighted by Gasteiger charge is 2.35. The third kappa shape index (κ3) is 2.98. The lowest BCUT2D eigenvalue weighted by atomic mass is 9.93. The maximum absolute atomic E-state index is 12.8. The molecule has 0 saturated carbocycles. The van der Waals surface area contributed by atoms with E-state index in [1.165, 1.54) is 0 Å². The lowest BCUT2D eigenvalue weighted by Gasteiger charge is -2.39. The molecule has 2 aliphatic heterocycles. The first-order chi connectivity index (χ1) is 10.5. The maximum Gasteiger partial charge on any atom is 0.253 e. The van der Waals surface area contributed by atoms with E-state index in [0.717, 1.165) is 24.1 Å². The SMILES string of the molecule is C[C@@H]1CNC[C@H](C(=O)N2CCc3cc(Cl)cc(Cl)c3[C@@H]2C)O1. The molecular formula is C16H20Cl2N2O2. The molecule has 1 amide bonds. The van der Waals surface area contributed by atoms with Gasteiger partial charge in [-0.1, -0.05) is 23.2 Å². The van der Waals surface area contributed by atoms with Crippen molar-refractivity contribution < 1.29 is 9.53 Å². The first-order valence-electron chi connectivity index (χ1n) is 7.62. The fourth-order valence-electron chi connectivity index (χ4n) is 3.33. The summed E-state index contributed by atoms with van der Waals surface area (Å²) in [6, 6.07) is 3.62. The average molecular weight is 343 g/mol. The van der Waals surface area contributed by atoms with Crippen LogP contribution in [-0.2, 0) is 16.0 Å². The van der Waals surface area contributed by atoms with Crippen molar-refractivity contribution in [2.45, 2.75) is 38.5 Å². The van der Waals surface area contributed by atoms with Gasteiger partial charge in [-0.25, -0.2) is 0 Å². The number of nitrogens with zero attached hydrogens (tertiary/aromatic N) is 1. The molecule has 0 radical (unpaired) electrons. The first-order valence-corrected chi connectivity index (χ1v) is 8.37. The molecule has 2 aliphatic rings. The van der Waals surface area contributed by atoms with E-state index in [9.17, 15) is 4.79 Å². The normalized spacial score (nSPS) is 28.4. The number of benzene rings is 1. The topological polar surface area (TPSA) is 41.6 Å². The van der Waals surface area contributed by atoms with Gasteiger partial charge in [-0.2, -0.15) is 0 Å². The van der Waals surface area contributed by atoms with E-state index in [4.69, 9.17) is 27.9 Å². The summed E-state index contributed by atoms with van der Waals surface area (Å²) in [5.41, 5.74) is 2.13. The lowest BCUT2D eigenvalue weighted by Crippen LogP contribution is -2.53. The summed E-state index contributed by atoms with van der Waals surface area (Å²) in [5, 5.41) is 4.51. The molecule has 22 heavy (non-hydrogen) atoms. The Labute approximate surface area is 140 Å². The number of carbonyl (C=O) groups is 1. The molecule has 1 aromatic carbocycles. The van der Waals surface area contributed by atoms with Crippen molar-refractivity contribution in [3.63, 3.8) is 0 Å². The summed E-state index contributed by atoms with van der Waals surface area (Å²) in [6.45, 7) is 5.99. The standard InChI is InChI=1S/C16H20Cl2N2O2/c1-9-7-19-8-14(22-9)16(21)20-4-3-11-5-12(17)6-13(18)15(11)10(20)2/h5-6,9-10,14,19H,3-4,7-8H2,1-2H3/t9-,10+,14-/m1/s1. The van der Waals surface area contributed by atoms with Crippen molar-refractivity contribution in [3.05, 3.63) is 33.3 Å². The number of amides is 1. The molecule has 1 N–H and O–H groups in total. The highest BCUT2D eigenvalue weighted by atomic mass is 35.5. The van der Waals surface area contributed by atoms with Crippen LogP contribution < -0.4 is 5.32 Å². The number of fused-ring (bicyclic) bond motifs is 1. The molecule has 1 fully saturated rings.